The molecule has 1 heterocycles. The summed E-state index contributed by atoms with van der Waals surface area (Å²) < 4.78 is 0. The van der Waals surface area contributed by atoms with Crippen LogP contribution in [0.4, 0.5) is 5.69 Å². The largest absolute Gasteiger partial charge is 0.369 e. The van der Waals surface area contributed by atoms with Crippen LogP contribution in [0.25, 0.3) is 0 Å². The minimum atomic E-state index is 0.666. The van der Waals surface area contributed by atoms with Gasteiger partial charge in [0.05, 0.1) is 10.7 Å². The second kappa shape index (κ2) is 8.02. The maximum absolute atomic E-state index is 6.51. The Balaban J connectivity index is 2.12. The summed E-state index contributed by atoms with van der Waals surface area (Å²) >= 11 is 6.51. The van der Waals surface area contributed by atoms with E-state index in [1.807, 2.05) is 6.07 Å². The van der Waals surface area contributed by atoms with Crippen LogP contribution in [0, 0.1) is 5.92 Å². The molecule has 0 aromatic heterocycles. The van der Waals surface area contributed by atoms with Crippen molar-refractivity contribution in [3.05, 3.63) is 28.8 Å². The zero-order chi connectivity index (χ0) is 15.2. The first kappa shape index (κ1) is 16.6. The third-order valence-electron chi connectivity index (χ3n) is 3.97. The van der Waals surface area contributed by atoms with Crippen molar-refractivity contribution in [3.63, 3.8) is 0 Å². The fourth-order valence-corrected chi connectivity index (χ4v) is 3.14. The van der Waals surface area contributed by atoms with E-state index in [4.69, 9.17) is 11.6 Å². The number of para-hydroxylation sites is 1. The van der Waals surface area contributed by atoms with E-state index in [2.05, 4.69) is 48.1 Å². The Morgan fingerprint density at radius 2 is 2.00 bits per heavy atom. The molecule has 0 amide bonds. The van der Waals surface area contributed by atoms with Gasteiger partial charge in [-0.3, -0.25) is 0 Å². The van der Waals surface area contributed by atoms with Crippen molar-refractivity contribution in [2.75, 3.05) is 44.7 Å². The van der Waals surface area contributed by atoms with E-state index in [0.717, 1.165) is 37.7 Å². The Morgan fingerprint density at radius 1 is 1.19 bits per heavy atom. The number of likely N-dealkylation sites (N-methyl/N-ethyl adjacent to an activating group) is 1. The zero-order valence-corrected chi connectivity index (χ0v) is 14.3. The number of anilines is 1. The van der Waals surface area contributed by atoms with Gasteiger partial charge in [0.2, 0.25) is 0 Å². The van der Waals surface area contributed by atoms with Crippen LogP contribution in [0.5, 0.6) is 0 Å². The molecule has 1 aromatic carbocycles. The first-order chi connectivity index (χ1) is 10.1. The van der Waals surface area contributed by atoms with Crippen molar-refractivity contribution in [1.29, 1.82) is 0 Å². The van der Waals surface area contributed by atoms with Crippen LogP contribution in [-0.2, 0) is 6.54 Å². The molecule has 0 aliphatic carbocycles. The predicted octanol–water partition coefficient (Wildman–Crippen LogP) is 3.23. The van der Waals surface area contributed by atoms with Gasteiger partial charge in [-0.2, -0.15) is 0 Å². The molecule has 0 unspecified atom stereocenters. The molecule has 1 aliphatic heterocycles. The second-order valence-electron chi connectivity index (χ2n) is 6.42. The molecule has 1 N–H and O–H groups in total. The highest BCUT2D eigenvalue weighted by Gasteiger charge is 2.18. The lowest BCUT2D eigenvalue weighted by molar-refractivity contribution is 0.360. The molecule has 2 rings (SSSR count). The van der Waals surface area contributed by atoms with Crippen LogP contribution in [0.15, 0.2) is 18.2 Å². The quantitative estimate of drug-likeness (QED) is 0.901. The minimum Gasteiger partial charge on any atom is -0.369 e. The summed E-state index contributed by atoms with van der Waals surface area (Å²) in [5.41, 5.74) is 2.54. The van der Waals surface area contributed by atoms with Crippen LogP contribution in [0.3, 0.4) is 0 Å². The fraction of sp³-hybridized carbons (Fsp3) is 0.647. The number of halogens is 1. The van der Waals surface area contributed by atoms with Gasteiger partial charge in [0, 0.05) is 26.2 Å². The van der Waals surface area contributed by atoms with Gasteiger partial charge < -0.3 is 15.1 Å². The number of nitrogens with one attached hydrogen (secondary N) is 1. The molecular weight excluding hydrogens is 282 g/mol. The summed E-state index contributed by atoms with van der Waals surface area (Å²) in [5.74, 6) is 0.666. The van der Waals surface area contributed by atoms with E-state index in [1.165, 1.54) is 24.2 Å². The topological polar surface area (TPSA) is 18.5 Å². The van der Waals surface area contributed by atoms with Gasteiger partial charge in [-0.05, 0) is 44.1 Å². The molecule has 0 bridgehead atoms. The van der Waals surface area contributed by atoms with Crippen LogP contribution in [0.2, 0.25) is 5.02 Å². The Hall–Kier alpha value is -0.770. The van der Waals surface area contributed by atoms with E-state index >= 15 is 0 Å². The standard InChI is InChI=1S/C17H28ClN3/c1-14(2)12-19-13-15-6-4-7-16(18)17(15)21-9-5-8-20(3)10-11-21/h4,6-7,14,19H,5,8-13H2,1-3H3. The normalized spacial score (nSPS) is 17.3. The minimum absolute atomic E-state index is 0.666. The SMILES string of the molecule is CC(C)CNCc1cccc(Cl)c1N1CCCN(C)CC1. The third kappa shape index (κ3) is 4.87. The summed E-state index contributed by atoms with van der Waals surface area (Å²) in [6, 6.07) is 6.27. The highest BCUT2D eigenvalue weighted by atomic mass is 35.5. The Morgan fingerprint density at radius 3 is 2.76 bits per heavy atom. The van der Waals surface area contributed by atoms with Gasteiger partial charge in [0.25, 0.3) is 0 Å². The molecule has 21 heavy (non-hydrogen) atoms. The first-order valence-corrected chi connectivity index (χ1v) is 8.37. The van der Waals surface area contributed by atoms with E-state index in [9.17, 15) is 0 Å². The lowest BCUT2D eigenvalue weighted by Crippen LogP contribution is -2.30. The van der Waals surface area contributed by atoms with E-state index < -0.39 is 0 Å². The summed E-state index contributed by atoms with van der Waals surface area (Å²) in [4.78, 5) is 4.85. The van der Waals surface area contributed by atoms with Crippen molar-refractivity contribution in [2.24, 2.45) is 5.92 Å². The fourth-order valence-electron chi connectivity index (χ4n) is 2.82. The Kier molecular flexibility index (Phi) is 6.34. The van der Waals surface area contributed by atoms with Gasteiger partial charge in [-0.15, -0.1) is 0 Å². The molecule has 1 saturated heterocycles. The van der Waals surface area contributed by atoms with Crippen LogP contribution >= 0.6 is 11.6 Å². The van der Waals surface area contributed by atoms with Gasteiger partial charge in [0.15, 0.2) is 0 Å². The van der Waals surface area contributed by atoms with Crippen molar-refractivity contribution < 1.29 is 0 Å². The van der Waals surface area contributed by atoms with Crippen molar-refractivity contribution in [2.45, 2.75) is 26.8 Å². The van der Waals surface area contributed by atoms with Gasteiger partial charge in [0.1, 0.15) is 0 Å². The lowest BCUT2D eigenvalue weighted by atomic mass is 10.1. The number of benzene rings is 1. The van der Waals surface area contributed by atoms with Crippen LogP contribution in [-0.4, -0.2) is 44.7 Å². The van der Waals surface area contributed by atoms with Crippen molar-refractivity contribution in [3.8, 4) is 0 Å². The average Bonchev–Trinajstić information content (AvgIpc) is 2.63. The van der Waals surface area contributed by atoms with Gasteiger partial charge >= 0.3 is 0 Å². The maximum Gasteiger partial charge on any atom is 0.0642 e. The first-order valence-electron chi connectivity index (χ1n) is 7.99. The van der Waals surface area contributed by atoms with E-state index in [1.54, 1.807) is 0 Å². The van der Waals surface area contributed by atoms with E-state index in [-0.39, 0.29) is 0 Å². The van der Waals surface area contributed by atoms with Gasteiger partial charge in [-0.1, -0.05) is 37.6 Å². The molecule has 1 aromatic rings. The number of hydrogen-bond acceptors (Lipinski definition) is 3. The molecule has 1 aliphatic rings. The molecule has 0 atom stereocenters. The van der Waals surface area contributed by atoms with Crippen LogP contribution in [0.1, 0.15) is 25.8 Å². The molecule has 1 fully saturated rings. The molecule has 0 saturated carbocycles. The second-order valence-corrected chi connectivity index (χ2v) is 6.82. The van der Waals surface area contributed by atoms with Crippen LogP contribution < -0.4 is 10.2 Å². The Bertz CT molecular complexity index is 448. The van der Waals surface area contributed by atoms with Gasteiger partial charge in [-0.25, -0.2) is 0 Å². The number of hydrogen-bond donors (Lipinski definition) is 1. The highest BCUT2D eigenvalue weighted by molar-refractivity contribution is 6.33. The van der Waals surface area contributed by atoms with Crippen molar-refractivity contribution in [1.82, 2.24) is 10.2 Å². The maximum atomic E-state index is 6.51. The molecule has 0 radical (unpaired) electrons. The third-order valence-corrected chi connectivity index (χ3v) is 4.28. The number of nitrogens with zero attached hydrogens (tertiary/aromatic N) is 2. The highest BCUT2D eigenvalue weighted by Crippen LogP contribution is 2.30. The molecule has 118 valence electrons. The summed E-state index contributed by atoms with van der Waals surface area (Å²) in [6.07, 6.45) is 1.20. The average molecular weight is 310 g/mol. The summed E-state index contributed by atoms with van der Waals surface area (Å²) in [7, 11) is 2.20. The predicted molar refractivity (Wildman–Crippen MR) is 92.3 cm³/mol. The van der Waals surface area contributed by atoms with Crippen molar-refractivity contribution >= 4 is 17.3 Å². The Labute approximate surface area is 134 Å². The lowest BCUT2D eigenvalue weighted by Gasteiger charge is -2.27. The summed E-state index contributed by atoms with van der Waals surface area (Å²) in [5, 5.41) is 4.41. The summed E-state index contributed by atoms with van der Waals surface area (Å²) in [6.45, 7) is 10.8. The number of rotatable bonds is 5. The van der Waals surface area contributed by atoms with E-state index in [0.29, 0.717) is 5.92 Å². The molecular formula is C17H28ClN3. The molecule has 4 heteroatoms. The smallest absolute Gasteiger partial charge is 0.0642 e. The molecule has 3 nitrogen and oxygen atoms in total. The monoisotopic (exact) mass is 309 g/mol. The zero-order valence-electron chi connectivity index (χ0n) is 13.5. The molecule has 0 spiro atoms.